The van der Waals surface area contributed by atoms with Crippen LogP contribution in [0, 0.1) is 0 Å². The van der Waals surface area contributed by atoms with Gasteiger partial charge in [0.15, 0.2) is 5.13 Å². The Kier molecular flexibility index (Phi) is 9.26. The summed E-state index contributed by atoms with van der Waals surface area (Å²) >= 11 is 1.49. The second-order valence-corrected chi connectivity index (χ2v) is 10.6. The molecule has 0 saturated carbocycles. The van der Waals surface area contributed by atoms with Gasteiger partial charge in [0, 0.05) is 48.6 Å². The second-order valence-electron chi connectivity index (χ2n) is 9.77. The predicted octanol–water partition coefficient (Wildman–Crippen LogP) is 6.94. The van der Waals surface area contributed by atoms with E-state index in [9.17, 15) is 18.4 Å². The van der Waals surface area contributed by atoms with Crippen LogP contribution in [-0.4, -0.2) is 35.1 Å². The molecule has 3 aromatic carbocycles. The molecule has 1 aromatic heterocycles. The van der Waals surface area contributed by atoms with Crippen molar-refractivity contribution in [2.75, 3.05) is 18.0 Å². The number of carboxylic acid groups (broad SMARTS) is 1. The van der Waals surface area contributed by atoms with E-state index in [1.165, 1.54) is 29.0 Å². The lowest BCUT2D eigenvalue weighted by Gasteiger charge is -2.26. The molecule has 1 unspecified atom stereocenters. The first-order valence-corrected chi connectivity index (χ1v) is 13.8. The Balaban J connectivity index is 1.53. The van der Waals surface area contributed by atoms with Gasteiger partial charge in [0.05, 0.1) is 12.1 Å². The average Bonchev–Trinajstić information content (AvgIpc) is 3.43. The number of rotatable bonds is 12. The highest BCUT2D eigenvalue weighted by atomic mass is 32.1. The summed E-state index contributed by atoms with van der Waals surface area (Å²) in [5, 5.41) is 14.1. The normalized spacial score (nSPS) is 12.1. The summed E-state index contributed by atoms with van der Waals surface area (Å²) in [6.07, 6.45) is -0.136. The van der Waals surface area contributed by atoms with Gasteiger partial charge < -0.3 is 15.3 Å². The van der Waals surface area contributed by atoms with Crippen molar-refractivity contribution in [1.82, 2.24) is 10.3 Å². The fourth-order valence-electron chi connectivity index (χ4n) is 4.27. The molecule has 0 aliphatic rings. The first-order chi connectivity index (χ1) is 19.1. The number of carbonyl (C=O) groups excluding carboxylic acids is 1. The third-order valence-corrected chi connectivity index (χ3v) is 7.43. The van der Waals surface area contributed by atoms with Crippen molar-refractivity contribution in [3.05, 3.63) is 106 Å². The molecular formula is C31H31F2N3O3S. The Morgan fingerprint density at radius 3 is 2.33 bits per heavy atom. The molecule has 0 fully saturated rings. The molecule has 1 heterocycles. The Hall–Kier alpha value is -4.11. The minimum Gasteiger partial charge on any atom is -0.481 e. The van der Waals surface area contributed by atoms with Gasteiger partial charge in [-0.1, -0.05) is 73.7 Å². The van der Waals surface area contributed by atoms with Crippen molar-refractivity contribution in [2.45, 2.75) is 38.7 Å². The summed E-state index contributed by atoms with van der Waals surface area (Å²) < 4.78 is 27.3. The van der Waals surface area contributed by atoms with Crippen molar-refractivity contribution in [3.63, 3.8) is 0 Å². The average molecular weight is 564 g/mol. The number of nitrogens with zero attached hydrogens (tertiary/aromatic N) is 2. The molecule has 4 aromatic rings. The largest absolute Gasteiger partial charge is 0.481 e. The van der Waals surface area contributed by atoms with Gasteiger partial charge in [0.1, 0.15) is 0 Å². The first kappa shape index (κ1) is 28.9. The van der Waals surface area contributed by atoms with Crippen LogP contribution < -0.4 is 10.2 Å². The molecule has 0 aliphatic heterocycles. The van der Waals surface area contributed by atoms with Crippen LogP contribution in [0.25, 0.3) is 11.3 Å². The number of halogens is 2. The van der Waals surface area contributed by atoms with Crippen LogP contribution in [0.2, 0.25) is 0 Å². The van der Waals surface area contributed by atoms with Crippen LogP contribution in [0.15, 0.2) is 84.2 Å². The van der Waals surface area contributed by atoms with Crippen molar-refractivity contribution in [2.24, 2.45) is 0 Å². The zero-order valence-corrected chi connectivity index (χ0v) is 23.1. The number of thiazole rings is 1. The number of aliphatic carboxylic acids is 1. The summed E-state index contributed by atoms with van der Waals surface area (Å²) in [5.41, 5.74) is 4.09. The molecule has 0 aliphatic carbocycles. The van der Waals surface area contributed by atoms with Crippen LogP contribution in [0.3, 0.4) is 0 Å². The monoisotopic (exact) mass is 563 g/mol. The van der Waals surface area contributed by atoms with E-state index in [0.29, 0.717) is 18.7 Å². The van der Waals surface area contributed by atoms with Gasteiger partial charge in [0.25, 0.3) is 11.8 Å². The molecule has 208 valence electrons. The molecule has 1 atom stereocenters. The zero-order valence-electron chi connectivity index (χ0n) is 22.3. The van der Waals surface area contributed by atoms with Crippen LogP contribution in [0.5, 0.6) is 0 Å². The molecule has 40 heavy (non-hydrogen) atoms. The van der Waals surface area contributed by atoms with Gasteiger partial charge in [-0.2, -0.15) is 0 Å². The molecule has 1 amide bonds. The zero-order chi connectivity index (χ0) is 28.7. The van der Waals surface area contributed by atoms with E-state index >= 15 is 0 Å². The Bertz CT molecular complexity index is 1420. The van der Waals surface area contributed by atoms with Crippen molar-refractivity contribution in [1.29, 1.82) is 0 Å². The summed E-state index contributed by atoms with van der Waals surface area (Å²) in [7, 11) is 0. The van der Waals surface area contributed by atoms with Crippen molar-refractivity contribution in [3.8, 4) is 11.3 Å². The van der Waals surface area contributed by atoms with E-state index in [4.69, 9.17) is 10.1 Å². The Morgan fingerprint density at radius 1 is 1.02 bits per heavy atom. The molecule has 0 saturated heterocycles. The van der Waals surface area contributed by atoms with Crippen LogP contribution in [-0.2, 0) is 17.3 Å². The number of benzene rings is 3. The molecule has 0 radical (unpaired) electrons. The third-order valence-electron chi connectivity index (χ3n) is 6.53. The third kappa shape index (κ3) is 7.72. The van der Waals surface area contributed by atoms with Crippen LogP contribution in [0.4, 0.5) is 13.9 Å². The van der Waals surface area contributed by atoms with Crippen LogP contribution in [0.1, 0.15) is 53.2 Å². The minimum atomic E-state index is -2.90. The summed E-state index contributed by atoms with van der Waals surface area (Å²) in [4.78, 5) is 30.1. The predicted molar refractivity (Wildman–Crippen MR) is 154 cm³/mol. The molecule has 4 rings (SSSR count). The van der Waals surface area contributed by atoms with Crippen molar-refractivity contribution < 1.29 is 23.5 Å². The summed E-state index contributed by atoms with van der Waals surface area (Å²) in [6.45, 7) is 4.34. The van der Waals surface area contributed by atoms with E-state index in [2.05, 4.69) is 29.3 Å². The lowest BCUT2D eigenvalue weighted by atomic mass is 10.0. The van der Waals surface area contributed by atoms with Crippen molar-refractivity contribution >= 4 is 28.3 Å². The molecule has 6 nitrogen and oxygen atoms in total. The number of aromatic nitrogens is 1. The SMILES string of the molecule is CC(CN(Cc1ccc(C(=O)NCCC(=O)O)cc1)c1nc(-c2ccc(C(C)(F)F)cc2)cs1)c1ccccc1. The van der Waals surface area contributed by atoms with E-state index < -0.39 is 11.9 Å². The van der Waals surface area contributed by atoms with E-state index in [1.807, 2.05) is 35.7 Å². The van der Waals surface area contributed by atoms with E-state index in [1.54, 1.807) is 24.3 Å². The number of amides is 1. The number of hydrogen-bond donors (Lipinski definition) is 2. The van der Waals surface area contributed by atoms with Gasteiger partial charge in [0.2, 0.25) is 0 Å². The fraction of sp³-hybridized carbons (Fsp3) is 0.258. The quantitative estimate of drug-likeness (QED) is 0.195. The standard InChI is InChI=1S/C31H31F2N3O3S/c1-21(23-6-4-3-5-7-23)18-36(19-22-8-10-25(11-9-22)29(39)34-17-16-28(37)38)30-35-27(20-40-30)24-12-14-26(15-13-24)31(2,32)33/h3-15,20-21H,16-19H2,1-2H3,(H,34,39)(H,37,38). The Labute approximate surface area is 236 Å². The highest BCUT2D eigenvalue weighted by molar-refractivity contribution is 7.14. The number of hydrogen-bond acceptors (Lipinski definition) is 5. The van der Waals surface area contributed by atoms with Gasteiger partial charge in [-0.15, -0.1) is 11.3 Å². The first-order valence-electron chi connectivity index (χ1n) is 12.9. The number of nitrogens with one attached hydrogen (secondary N) is 1. The Morgan fingerprint density at radius 2 is 1.70 bits per heavy atom. The maximum absolute atomic E-state index is 13.7. The number of carboxylic acids is 1. The molecular weight excluding hydrogens is 532 g/mol. The highest BCUT2D eigenvalue weighted by Gasteiger charge is 2.24. The van der Waals surface area contributed by atoms with Crippen LogP contribution >= 0.6 is 11.3 Å². The van der Waals surface area contributed by atoms with Gasteiger partial charge in [-0.25, -0.2) is 13.8 Å². The second kappa shape index (κ2) is 12.8. The van der Waals surface area contributed by atoms with Gasteiger partial charge in [-0.3, -0.25) is 9.59 Å². The smallest absolute Gasteiger partial charge is 0.305 e. The maximum atomic E-state index is 13.7. The fourth-order valence-corrected chi connectivity index (χ4v) is 5.12. The lowest BCUT2D eigenvalue weighted by molar-refractivity contribution is -0.136. The van der Waals surface area contributed by atoms with Gasteiger partial charge >= 0.3 is 5.97 Å². The number of carbonyl (C=O) groups is 2. The molecule has 0 spiro atoms. The summed E-state index contributed by atoms with van der Waals surface area (Å²) in [6, 6.07) is 23.6. The summed E-state index contributed by atoms with van der Waals surface area (Å²) in [5.74, 6) is -3.98. The van der Waals surface area contributed by atoms with E-state index in [0.717, 1.165) is 28.9 Å². The molecule has 9 heteroatoms. The van der Waals surface area contributed by atoms with E-state index in [-0.39, 0.29) is 30.4 Å². The topological polar surface area (TPSA) is 82.5 Å². The lowest BCUT2D eigenvalue weighted by Crippen LogP contribution is -2.27. The number of alkyl halides is 2. The highest BCUT2D eigenvalue weighted by Crippen LogP contribution is 2.33. The maximum Gasteiger partial charge on any atom is 0.305 e. The molecule has 2 N–H and O–H groups in total. The minimum absolute atomic E-state index is 0.0379. The number of anilines is 1. The van der Waals surface area contributed by atoms with Gasteiger partial charge in [-0.05, 0) is 29.2 Å². The molecule has 0 bridgehead atoms.